The van der Waals surface area contributed by atoms with Gasteiger partial charge in [0.25, 0.3) is 0 Å². The maximum Gasteiger partial charge on any atom is 0.170 e. The SMILES string of the molecule is CCC(Cl)c1c(C)nn(Cc2cccc(OC)c2F)c1C. The van der Waals surface area contributed by atoms with Gasteiger partial charge in [-0.1, -0.05) is 19.1 Å². The first-order chi connectivity index (χ1) is 9.99. The second kappa shape index (κ2) is 6.48. The van der Waals surface area contributed by atoms with Crippen LogP contribution in [0.4, 0.5) is 4.39 Å². The number of aromatic nitrogens is 2. The van der Waals surface area contributed by atoms with Crippen LogP contribution < -0.4 is 4.74 Å². The van der Waals surface area contributed by atoms with Gasteiger partial charge in [0.05, 0.1) is 24.7 Å². The molecule has 2 rings (SSSR count). The Bertz CT molecular complexity index is 639. The van der Waals surface area contributed by atoms with E-state index in [0.29, 0.717) is 12.1 Å². The fourth-order valence-corrected chi connectivity index (χ4v) is 2.84. The van der Waals surface area contributed by atoms with Crippen molar-refractivity contribution < 1.29 is 9.13 Å². The van der Waals surface area contributed by atoms with E-state index in [1.807, 2.05) is 20.8 Å². The highest BCUT2D eigenvalue weighted by molar-refractivity contribution is 6.20. The highest BCUT2D eigenvalue weighted by Gasteiger charge is 2.19. The van der Waals surface area contributed by atoms with Crippen LogP contribution >= 0.6 is 11.6 Å². The molecular weight excluding hydrogens is 291 g/mol. The summed E-state index contributed by atoms with van der Waals surface area (Å²) in [4.78, 5) is 0. The molecule has 0 aliphatic heterocycles. The molecule has 1 heterocycles. The molecule has 21 heavy (non-hydrogen) atoms. The molecule has 1 aromatic carbocycles. The number of hydrogen-bond donors (Lipinski definition) is 0. The van der Waals surface area contributed by atoms with Crippen molar-refractivity contribution in [3.63, 3.8) is 0 Å². The maximum atomic E-state index is 14.2. The lowest BCUT2D eigenvalue weighted by Gasteiger charge is -2.10. The number of halogens is 2. The molecule has 0 saturated heterocycles. The summed E-state index contributed by atoms with van der Waals surface area (Å²) in [5.41, 5.74) is 3.48. The third kappa shape index (κ3) is 3.05. The summed E-state index contributed by atoms with van der Waals surface area (Å²) in [6.45, 7) is 6.31. The van der Waals surface area contributed by atoms with Gasteiger partial charge in [-0.05, 0) is 26.3 Å². The summed E-state index contributed by atoms with van der Waals surface area (Å²) in [7, 11) is 1.46. The van der Waals surface area contributed by atoms with Crippen LogP contribution in [0.1, 0.15) is 41.2 Å². The van der Waals surface area contributed by atoms with Gasteiger partial charge in [-0.3, -0.25) is 4.68 Å². The van der Waals surface area contributed by atoms with E-state index in [4.69, 9.17) is 16.3 Å². The van der Waals surface area contributed by atoms with Gasteiger partial charge in [0.15, 0.2) is 11.6 Å². The van der Waals surface area contributed by atoms with Crippen molar-refractivity contribution in [1.82, 2.24) is 9.78 Å². The van der Waals surface area contributed by atoms with Crippen molar-refractivity contribution in [2.45, 2.75) is 39.1 Å². The normalized spacial score (nSPS) is 12.5. The van der Waals surface area contributed by atoms with E-state index in [2.05, 4.69) is 5.10 Å². The molecular formula is C16H20ClFN2O. The van der Waals surface area contributed by atoms with Gasteiger partial charge in [-0.15, -0.1) is 11.6 Å². The summed E-state index contributed by atoms with van der Waals surface area (Å²) in [6.07, 6.45) is 0.836. The molecule has 0 fully saturated rings. The number of rotatable bonds is 5. The van der Waals surface area contributed by atoms with E-state index in [0.717, 1.165) is 23.4 Å². The first-order valence-corrected chi connectivity index (χ1v) is 7.42. The minimum atomic E-state index is -0.341. The van der Waals surface area contributed by atoms with Gasteiger partial charge in [-0.25, -0.2) is 4.39 Å². The van der Waals surface area contributed by atoms with Crippen LogP contribution in [-0.4, -0.2) is 16.9 Å². The Hall–Kier alpha value is -1.55. The first kappa shape index (κ1) is 15.8. The minimum absolute atomic E-state index is 0.0612. The predicted molar refractivity (Wildman–Crippen MR) is 82.6 cm³/mol. The number of methoxy groups -OCH3 is 1. The molecule has 0 bridgehead atoms. The lowest BCUT2D eigenvalue weighted by atomic mass is 10.1. The van der Waals surface area contributed by atoms with Gasteiger partial charge in [0, 0.05) is 16.8 Å². The van der Waals surface area contributed by atoms with E-state index in [1.54, 1.807) is 22.9 Å². The molecule has 0 saturated carbocycles. The number of alkyl halides is 1. The molecule has 1 aromatic heterocycles. The quantitative estimate of drug-likeness (QED) is 0.766. The lowest BCUT2D eigenvalue weighted by molar-refractivity contribution is 0.383. The number of hydrogen-bond acceptors (Lipinski definition) is 2. The highest BCUT2D eigenvalue weighted by atomic mass is 35.5. The van der Waals surface area contributed by atoms with E-state index >= 15 is 0 Å². The molecule has 5 heteroatoms. The summed E-state index contributed by atoms with van der Waals surface area (Å²) in [5.74, 6) is -0.0925. The maximum absolute atomic E-state index is 14.2. The molecule has 0 spiro atoms. The topological polar surface area (TPSA) is 27.1 Å². The second-order valence-corrected chi connectivity index (χ2v) is 5.58. The molecule has 114 valence electrons. The fourth-order valence-electron chi connectivity index (χ4n) is 2.52. The highest BCUT2D eigenvalue weighted by Crippen LogP contribution is 2.30. The molecule has 0 N–H and O–H groups in total. The van der Waals surface area contributed by atoms with Crippen LogP contribution in [0, 0.1) is 19.7 Å². The van der Waals surface area contributed by atoms with Crippen molar-refractivity contribution in [3.05, 3.63) is 46.5 Å². The molecule has 0 aliphatic rings. The Kier molecular flexibility index (Phi) is 4.88. The van der Waals surface area contributed by atoms with Crippen molar-refractivity contribution >= 4 is 11.6 Å². The van der Waals surface area contributed by atoms with E-state index in [9.17, 15) is 4.39 Å². The zero-order chi connectivity index (χ0) is 15.6. The van der Waals surface area contributed by atoms with Crippen molar-refractivity contribution in [2.24, 2.45) is 0 Å². The van der Waals surface area contributed by atoms with Crippen molar-refractivity contribution in [3.8, 4) is 5.75 Å². The van der Waals surface area contributed by atoms with Crippen LogP contribution in [0.3, 0.4) is 0 Å². The van der Waals surface area contributed by atoms with Crippen LogP contribution in [0.5, 0.6) is 5.75 Å². The van der Waals surface area contributed by atoms with Gasteiger partial charge in [-0.2, -0.15) is 5.10 Å². The predicted octanol–water partition coefficient (Wildman–Crippen LogP) is 4.39. The average Bonchev–Trinajstić information content (AvgIpc) is 2.75. The summed E-state index contributed by atoms with van der Waals surface area (Å²) in [5, 5.41) is 4.43. The van der Waals surface area contributed by atoms with Gasteiger partial charge >= 0.3 is 0 Å². The zero-order valence-corrected chi connectivity index (χ0v) is 13.5. The van der Waals surface area contributed by atoms with Gasteiger partial charge < -0.3 is 4.74 Å². The molecule has 0 radical (unpaired) electrons. The molecule has 3 nitrogen and oxygen atoms in total. The van der Waals surface area contributed by atoms with Crippen LogP contribution in [0.2, 0.25) is 0 Å². The zero-order valence-electron chi connectivity index (χ0n) is 12.8. The monoisotopic (exact) mass is 310 g/mol. The first-order valence-electron chi connectivity index (χ1n) is 6.98. The van der Waals surface area contributed by atoms with Crippen LogP contribution in [-0.2, 0) is 6.54 Å². The van der Waals surface area contributed by atoms with E-state index in [1.165, 1.54) is 7.11 Å². The van der Waals surface area contributed by atoms with Gasteiger partial charge in [0.1, 0.15) is 0 Å². The molecule has 0 amide bonds. The summed E-state index contributed by atoms with van der Waals surface area (Å²) < 4.78 is 21.0. The number of benzene rings is 1. The van der Waals surface area contributed by atoms with Gasteiger partial charge in [0.2, 0.25) is 0 Å². The Labute approximate surface area is 129 Å². The van der Waals surface area contributed by atoms with Crippen molar-refractivity contribution in [2.75, 3.05) is 7.11 Å². The largest absolute Gasteiger partial charge is 0.494 e. The number of nitrogens with zero attached hydrogens (tertiary/aromatic N) is 2. The Morgan fingerprint density at radius 2 is 2.10 bits per heavy atom. The molecule has 2 aromatic rings. The van der Waals surface area contributed by atoms with Crippen molar-refractivity contribution in [1.29, 1.82) is 0 Å². The minimum Gasteiger partial charge on any atom is -0.494 e. The Morgan fingerprint density at radius 1 is 1.38 bits per heavy atom. The van der Waals surface area contributed by atoms with Crippen LogP contribution in [0.15, 0.2) is 18.2 Å². The second-order valence-electron chi connectivity index (χ2n) is 5.05. The number of aryl methyl sites for hydroxylation is 1. The number of ether oxygens (including phenoxy) is 1. The van der Waals surface area contributed by atoms with Crippen LogP contribution in [0.25, 0.3) is 0 Å². The molecule has 1 atom stereocenters. The summed E-state index contributed by atoms with van der Waals surface area (Å²) in [6, 6.07) is 5.13. The average molecular weight is 311 g/mol. The molecule has 0 aliphatic carbocycles. The smallest absolute Gasteiger partial charge is 0.170 e. The Balaban J connectivity index is 2.37. The Morgan fingerprint density at radius 3 is 2.71 bits per heavy atom. The lowest BCUT2D eigenvalue weighted by Crippen LogP contribution is -2.07. The van der Waals surface area contributed by atoms with E-state index in [-0.39, 0.29) is 16.9 Å². The van der Waals surface area contributed by atoms with E-state index < -0.39 is 0 Å². The standard InChI is InChI=1S/C16H20ClFN2O/c1-5-13(17)15-10(2)19-20(11(15)3)9-12-7-6-8-14(21-4)16(12)18/h6-8,13H,5,9H2,1-4H3. The fraction of sp³-hybridized carbons (Fsp3) is 0.438. The molecule has 1 unspecified atom stereocenters. The third-order valence-corrected chi connectivity index (χ3v) is 4.22. The summed E-state index contributed by atoms with van der Waals surface area (Å²) >= 11 is 6.35. The third-order valence-electron chi connectivity index (χ3n) is 3.69.